The maximum absolute atomic E-state index is 12.6. The number of aliphatic hydroxyl groups excluding tert-OH is 1. The Bertz CT molecular complexity index is 974. The summed E-state index contributed by atoms with van der Waals surface area (Å²) in [5, 5.41) is 17.7. The van der Waals surface area contributed by atoms with Crippen LogP contribution in [0.2, 0.25) is 5.02 Å². The van der Waals surface area contributed by atoms with Gasteiger partial charge in [0.1, 0.15) is 12.4 Å². The molecule has 8 nitrogen and oxygen atoms in total. The molecule has 1 aliphatic rings. The van der Waals surface area contributed by atoms with E-state index in [1.54, 1.807) is 37.5 Å². The first-order valence-electron chi connectivity index (χ1n) is 8.80. The molecule has 0 radical (unpaired) electrons. The van der Waals surface area contributed by atoms with Gasteiger partial charge in [0.2, 0.25) is 0 Å². The smallest absolute Gasteiger partial charge is 0.256 e. The fraction of sp³-hybridized carbons (Fsp3) is 0.150. The van der Waals surface area contributed by atoms with Crippen LogP contribution < -0.4 is 15.5 Å². The monoisotopic (exact) mass is 413 g/mol. The highest BCUT2D eigenvalue weighted by Crippen LogP contribution is 2.26. The van der Waals surface area contributed by atoms with E-state index in [9.17, 15) is 4.79 Å². The third-order valence-electron chi connectivity index (χ3n) is 3.78. The summed E-state index contributed by atoms with van der Waals surface area (Å²) in [6.07, 6.45) is 4.94. The minimum absolute atomic E-state index is 0.122. The van der Waals surface area contributed by atoms with E-state index in [0.29, 0.717) is 17.1 Å². The Morgan fingerprint density at radius 2 is 2.14 bits per heavy atom. The number of anilines is 1. The van der Waals surface area contributed by atoms with Gasteiger partial charge < -0.3 is 15.2 Å². The Kier molecular flexibility index (Phi) is 6.83. The number of para-hydroxylation sites is 2. The second-order valence-corrected chi connectivity index (χ2v) is 6.35. The van der Waals surface area contributed by atoms with E-state index in [4.69, 9.17) is 21.4 Å². The molecule has 3 N–H and O–H groups in total. The Morgan fingerprint density at radius 1 is 1.31 bits per heavy atom. The van der Waals surface area contributed by atoms with Crippen molar-refractivity contribution in [3.8, 4) is 5.75 Å². The second kappa shape index (κ2) is 9.72. The average molecular weight is 414 g/mol. The first kappa shape index (κ1) is 20.4. The van der Waals surface area contributed by atoms with E-state index in [1.165, 1.54) is 11.2 Å². The summed E-state index contributed by atoms with van der Waals surface area (Å²) in [5.41, 5.74) is 4.99. The van der Waals surface area contributed by atoms with Crippen LogP contribution in [-0.2, 0) is 0 Å². The summed E-state index contributed by atoms with van der Waals surface area (Å²) in [7, 11) is 1.71. The van der Waals surface area contributed by atoms with Gasteiger partial charge >= 0.3 is 0 Å². The predicted molar refractivity (Wildman–Crippen MR) is 114 cm³/mol. The van der Waals surface area contributed by atoms with E-state index < -0.39 is 0 Å². The molecule has 2 aromatic carbocycles. The number of benzene rings is 2. The molecular weight excluding hydrogens is 394 g/mol. The number of ether oxygens (including phenoxy) is 1. The molecule has 29 heavy (non-hydrogen) atoms. The molecule has 0 bridgehead atoms. The maximum Gasteiger partial charge on any atom is 0.256 e. The van der Waals surface area contributed by atoms with Crippen LogP contribution >= 0.6 is 11.6 Å². The van der Waals surface area contributed by atoms with E-state index in [-0.39, 0.29) is 24.1 Å². The van der Waals surface area contributed by atoms with Crippen molar-refractivity contribution >= 4 is 40.9 Å². The fourth-order valence-corrected chi connectivity index (χ4v) is 2.74. The van der Waals surface area contributed by atoms with Gasteiger partial charge in [-0.3, -0.25) is 15.2 Å². The Hall–Kier alpha value is -3.36. The lowest BCUT2D eigenvalue weighted by Gasteiger charge is -2.19. The van der Waals surface area contributed by atoms with E-state index >= 15 is 0 Å². The molecule has 0 unspecified atom stereocenters. The van der Waals surface area contributed by atoms with Crippen LogP contribution in [-0.4, -0.2) is 48.4 Å². The zero-order valence-corrected chi connectivity index (χ0v) is 16.4. The highest BCUT2D eigenvalue weighted by Gasteiger charge is 2.12. The molecule has 9 heteroatoms. The standard InChI is InChI=1S/C20H20ClN5O3/c1-26-24-17-6-3-2-5-16(17)22-10-4-7-19(25-26)23-20(28)14-8-9-18(15(21)13-14)29-12-11-27/h2-10,13,24,27H,11-12H2,1H3,(H,23,25,28)/b7-4+,22-10?. The summed E-state index contributed by atoms with van der Waals surface area (Å²) >= 11 is 6.14. The van der Waals surface area contributed by atoms with Crippen molar-refractivity contribution in [2.45, 2.75) is 0 Å². The van der Waals surface area contributed by atoms with Gasteiger partial charge in [0.15, 0.2) is 5.84 Å². The molecule has 0 atom stereocenters. The van der Waals surface area contributed by atoms with E-state index in [1.807, 2.05) is 24.3 Å². The van der Waals surface area contributed by atoms with Crippen LogP contribution in [0.3, 0.4) is 0 Å². The lowest BCUT2D eigenvalue weighted by molar-refractivity contribution is 0.0976. The summed E-state index contributed by atoms with van der Waals surface area (Å²) < 4.78 is 5.29. The molecular formula is C20H20ClN5O3. The summed E-state index contributed by atoms with van der Waals surface area (Å²) in [5.74, 6) is 0.325. The second-order valence-electron chi connectivity index (χ2n) is 5.95. The number of hydrogen-bond donors (Lipinski definition) is 3. The van der Waals surface area contributed by atoms with Gasteiger partial charge in [-0.05, 0) is 42.5 Å². The van der Waals surface area contributed by atoms with Gasteiger partial charge in [-0.25, -0.2) is 5.12 Å². The molecule has 0 saturated heterocycles. The first-order valence-corrected chi connectivity index (χ1v) is 9.18. The molecule has 0 spiro atoms. The Balaban J connectivity index is 1.76. The number of hydrazine groups is 1. The minimum atomic E-state index is -0.383. The van der Waals surface area contributed by atoms with Crippen LogP contribution in [0.15, 0.2) is 64.7 Å². The third kappa shape index (κ3) is 5.56. The van der Waals surface area contributed by atoms with Crippen molar-refractivity contribution in [2.75, 3.05) is 25.7 Å². The lowest BCUT2D eigenvalue weighted by atomic mass is 10.2. The SMILES string of the molecule is CN1/N=C(NC(=O)c2ccc(OCCO)c(Cl)c2)\C=C\C=Nc2ccccc2N1. The normalized spacial score (nSPS) is 16.1. The number of amides is 1. The number of hydrogen-bond acceptors (Lipinski definition) is 7. The van der Waals surface area contributed by atoms with Crippen molar-refractivity contribution in [1.29, 1.82) is 0 Å². The molecule has 3 rings (SSSR count). The van der Waals surface area contributed by atoms with Crippen molar-refractivity contribution in [3.05, 3.63) is 65.2 Å². The first-order chi connectivity index (χ1) is 14.1. The van der Waals surface area contributed by atoms with Crippen LogP contribution in [0.1, 0.15) is 10.4 Å². The number of carbonyl (C=O) groups excluding carboxylic acids is 1. The topological polar surface area (TPSA) is 98.6 Å². The van der Waals surface area contributed by atoms with Crippen LogP contribution in [0, 0.1) is 0 Å². The minimum Gasteiger partial charge on any atom is -0.490 e. The number of allylic oxidation sites excluding steroid dienone is 1. The molecule has 0 fully saturated rings. The molecule has 2 aromatic rings. The van der Waals surface area contributed by atoms with E-state index in [0.717, 1.165) is 11.4 Å². The highest BCUT2D eigenvalue weighted by molar-refractivity contribution is 6.32. The Labute approximate surface area is 173 Å². The molecule has 0 aromatic heterocycles. The van der Waals surface area contributed by atoms with Gasteiger partial charge in [0, 0.05) is 18.8 Å². The lowest BCUT2D eigenvalue weighted by Crippen LogP contribution is -2.32. The fourth-order valence-electron chi connectivity index (χ4n) is 2.50. The number of carbonyl (C=O) groups is 1. The molecule has 1 aliphatic heterocycles. The van der Waals surface area contributed by atoms with Gasteiger partial charge in [-0.15, -0.1) is 5.10 Å². The molecule has 1 amide bonds. The molecule has 0 saturated carbocycles. The summed E-state index contributed by atoms with van der Waals surface area (Å²) in [4.78, 5) is 17.0. The number of aliphatic imine (C=N–C) groups is 1. The predicted octanol–water partition coefficient (Wildman–Crippen LogP) is 2.99. The highest BCUT2D eigenvalue weighted by atomic mass is 35.5. The number of rotatable bonds is 4. The number of aliphatic hydroxyl groups is 1. The van der Waals surface area contributed by atoms with Gasteiger partial charge in [-0.1, -0.05) is 23.7 Å². The van der Waals surface area contributed by atoms with Crippen LogP contribution in [0.5, 0.6) is 5.75 Å². The molecule has 1 heterocycles. The van der Waals surface area contributed by atoms with Gasteiger partial charge in [-0.2, -0.15) is 0 Å². The third-order valence-corrected chi connectivity index (χ3v) is 4.08. The van der Waals surface area contributed by atoms with Crippen LogP contribution in [0.25, 0.3) is 0 Å². The average Bonchev–Trinajstić information content (AvgIpc) is 2.71. The van der Waals surface area contributed by atoms with E-state index in [2.05, 4.69) is 20.8 Å². The molecule has 150 valence electrons. The van der Waals surface area contributed by atoms with Crippen LogP contribution in [0.4, 0.5) is 11.4 Å². The number of nitrogens with zero attached hydrogens (tertiary/aromatic N) is 3. The number of amidine groups is 1. The summed E-state index contributed by atoms with van der Waals surface area (Å²) in [6.45, 7) is -0.00304. The Morgan fingerprint density at radius 3 is 2.93 bits per heavy atom. The number of hydrazone groups is 1. The van der Waals surface area contributed by atoms with Gasteiger partial charge in [0.25, 0.3) is 5.91 Å². The van der Waals surface area contributed by atoms with Crippen molar-refractivity contribution in [3.63, 3.8) is 0 Å². The maximum atomic E-state index is 12.6. The quantitative estimate of drug-likeness (QED) is 0.715. The largest absolute Gasteiger partial charge is 0.490 e. The number of nitrogens with one attached hydrogen (secondary N) is 2. The van der Waals surface area contributed by atoms with Crippen molar-refractivity contribution in [1.82, 2.24) is 10.4 Å². The molecule has 0 aliphatic carbocycles. The van der Waals surface area contributed by atoms with Crippen molar-refractivity contribution in [2.24, 2.45) is 10.1 Å². The zero-order valence-electron chi connectivity index (χ0n) is 15.7. The number of halogens is 1. The summed E-state index contributed by atoms with van der Waals surface area (Å²) in [6, 6.07) is 12.2. The van der Waals surface area contributed by atoms with Crippen molar-refractivity contribution < 1.29 is 14.6 Å². The number of fused-ring (bicyclic) bond motifs is 1. The van der Waals surface area contributed by atoms with Gasteiger partial charge in [0.05, 0.1) is 23.0 Å². The zero-order chi connectivity index (χ0) is 20.6.